The average Bonchev–Trinajstić information content (AvgIpc) is 2.31. The van der Waals surface area contributed by atoms with E-state index in [1.807, 2.05) is 0 Å². The Morgan fingerprint density at radius 3 is 2.50 bits per heavy atom. The minimum absolute atomic E-state index is 0.0359. The molecule has 4 heteroatoms. The third kappa shape index (κ3) is 3.03. The molecular weight excluding hydrogens is 271 g/mol. The first-order chi connectivity index (χ1) is 8.56. The predicted molar refractivity (Wildman–Crippen MR) is 73.0 cm³/mol. The van der Waals surface area contributed by atoms with Gasteiger partial charge in [-0.05, 0) is 43.3 Å². The summed E-state index contributed by atoms with van der Waals surface area (Å²) in [6, 6.07) is 11.9. The van der Waals surface area contributed by atoms with Crippen LogP contribution in [0, 0.1) is 0 Å². The molecule has 2 aromatic rings. The fourth-order valence-electron chi connectivity index (χ4n) is 1.46. The van der Waals surface area contributed by atoms with E-state index in [1.54, 1.807) is 42.5 Å². The first kappa shape index (κ1) is 12.9. The van der Waals surface area contributed by atoms with E-state index in [-0.39, 0.29) is 5.78 Å². The van der Waals surface area contributed by atoms with Crippen LogP contribution in [-0.2, 0) is 0 Å². The number of hydrogen-bond donors (Lipinski definition) is 0. The number of benzene rings is 2. The van der Waals surface area contributed by atoms with Crippen molar-refractivity contribution >= 4 is 29.0 Å². The summed E-state index contributed by atoms with van der Waals surface area (Å²) in [5.74, 6) is 1.05. The minimum atomic E-state index is -0.0359. The molecule has 0 aliphatic rings. The smallest absolute Gasteiger partial charge is 0.159 e. The van der Waals surface area contributed by atoms with Gasteiger partial charge < -0.3 is 4.74 Å². The SMILES string of the molecule is CC(=O)c1ccc(Oc2cccc(Cl)c2)c(Cl)c1. The molecule has 0 N–H and O–H groups in total. The summed E-state index contributed by atoms with van der Waals surface area (Å²) in [4.78, 5) is 11.2. The van der Waals surface area contributed by atoms with Gasteiger partial charge in [-0.25, -0.2) is 0 Å². The van der Waals surface area contributed by atoms with Gasteiger partial charge in [0.25, 0.3) is 0 Å². The molecule has 2 nitrogen and oxygen atoms in total. The molecule has 0 radical (unpaired) electrons. The van der Waals surface area contributed by atoms with Gasteiger partial charge in [0.2, 0.25) is 0 Å². The number of halogens is 2. The second-order valence-corrected chi connectivity index (χ2v) is 4.60. The fraction of sp³-hybridized carbons (Fsp3) is 0.0714. The molecule has 0 saturated carbocycles. The zero-order chi connectivity index (χ0) is 13.1. The Hall–Kier alpha value is -1.51. The Balaban J connectivity index is 2.27. The van der Waals surface area contributed by atoms with E-state index in [2.05, 4.69) is 0 Å². The molecule has 0 spiro atoms. The molecule has 92 valence electrons. The first-order valence-corrected chi connectivity index (χ1v) is 6.06. The van der Waals surface area contributed by atoms with E-state index in [1.165, 1.54) is 6.92 Å². The Morgan fingerprint density at radius 1 is 1.11 bits per heavy atom. The number of carbonyl (C=O) groups is 1. The molecule has 0 fully saturated rings. The minimum Gasteiger partial charge on any atom is -0.456 e. The van der Waals surface area contributed by atoms with Crippen LogP contribution in [0.15, 0.2) is 42.5 Å². The van der Waals surface area contributed by atoms with E-state index in [4.69, 9.17) is 27.9 Å². The fourth-order valence-corrected chi connectivity index (χ4v) is 1.86. The van der Waals surface area contributed by atoms with Gasteiger partial charge in [0.15, 0.2) is 5.78 Å². The summed E-state index contributed by atoms with van der Waals surface area (Å²) in [6.07, 6.45) is 0. The van der Waals surface area contributed by atoms with Crippen LogP contribution in [0.25, 0.3) is 0 Å². The zero-order valence-corrected chi connectivity index (χ0v) is 11.1. The molecule has 0 unspecified atom stereocenters. The van der Waals surface area contributed by atoms with E-state index in [0.29, 0.717) is 27.1 Å². The monoisotopic (exact) mass is 280 g/mol. The molecule has 0 atom stereocenters. The zero-order valence-electron chi connectivity index (χ0n) is 9.61. The Labute approximate surface area is 115 Å². The number of Topliss-reactive ketones (excluding diaryl/α,β-unsaturated/α-hetero) is 1. The summed E-state index contributed by atoms with van der Waals surface area (Å²) in [6.45, 7) is 1.49. The highest BCUT2D eigenvalue weighted by atomic mass is 35.5. The van der Waals surface area contributed by atoms with Crippen LogP contribution < -0.4 is 4.74 Å². The molecular formula is C14H10Cl2O2. The number of ketones is 1. The van der Waals surface area contributed by atoms with Crippen molar-refractivity contribution in [3.05, 3.63) is 58.1 Å². The van der Waals surface area contributed by atoms with Gasteiger partial charge in [-0.15, -0.1) is 0 Å². The van der Waals surface area contributed by atoms with Gasteiger partial charge in [-0.3, -0.25) is 4.79 Å². The maximum Gasteiger partial charge on any atom is 0.159 e. The van der Waals surface area contributed by atoms with E-state index in [0.717, 1.165) is 0 Å². The maximum absolute atomic E-state index is 11.2. The normalized spacial score (nSPS) is 10.2. The molecule has 0 aliphatic heterocycles. The number of ether oxygens (including phenoxy) is 1. The summed E-state index contributed by atoms with van der Waals surface area (Å²) in [5.41, 5.74) is 0.554. The molecule has 0 heterocycles. The van der Waals surface area contributed by atoms with Crippen molar-refractivity contribution in [3.63, 3.8) is 0 Å². The van der Waals surface area contributed by atoms with Crippen molar-refractivity contribution in [1.82, 2.24) is 0 Å². The van der Waals surface area contributed by atoms with Crippen molar-refractivity contribution in [2.75, 3.05) is 0 Å². The lowest BCUT2D eigenvalue weighted by Gasteiger charge is -2.08. The Bertz CT molecular complexity index is 594. The highest BCUT2D eigenvalue weighted by molar-refractivity contribution is 6.32. The van der Waals surface area contributed by atoms with Crippen LogP contribution in [-0.4, -0.2) is 5.78 Å². The van der Waals surface area contributed by atoms with Crippen LogP contribution in [0.4, 0.5) is 0 Å². The summed E-state index contributed by atoms with van der Waals surface area (Å²) in [7, 11) is 0. The van der Waals surface area contributed by atoms with Crippen molar-refractivity contribution in [2.45, 2.75) is 6.92 Å². The van der Waals surface area contributed by atoms with Crippen LogP contribution in [0.3, 0.4) is 0 Å². The van der Waals surface area contributed by atoms with Crippen LogP contribution >= 0.6 is 23.2 Å². The third-order valence-corrected chi connectivity index (χ3v) is 2.89. The van der Waals surface area contributed by atoms with Gasteiger partial charge in [0.05, 0.1) is 5.02 Å². The largest absolute Gasteiger partial charge is 0.456 e. The molecule has 2 rings (SSSR count). The summed E-state index contributed by atoms with van der Waals surface area (Å²) >= 11 is 11.9. The van der Waals surface area contributed by atoms with Crippen LogP contribution in [0.1, 0.15) is 17.3 Å². The van der Waals surface area contributed by atoms with Crippen molar-refractivity contribution < 1.29 is 9.53 Å². The third-order valence-electron chi connectivity index (χ3n) is 2.36. The second-order valence-electron chi connectivity index (χ2n) is 3.76. The summed E-state index contributed by atoms with van der Waals surface area (Å²) in [5, 5.41) is 0.978. The van der Waals surface area contributed by atoms with Gasteiger partial charge >= 0.3 is 0 Å². The van der Waals surface area contributed by atoms with Crippen LogP contribution in [0.5, 0.6) is 11.5 Å². The lowest BCUT2D eigenvalue weighted by Crippen LogP contribution is -1.92. The second kappa shape index (κ2) is 5.42. The molecule has 2 aromatic carbocycles. The highest BCUT2D eigenvalue weighted by Gasteiger charge is 2.07. The van der Waals surface area contributed by atoms with E-state index >= 15 is 0 Å². The number of rotatable bonds is 3. The molecule has 0 saturated heterocycles. The van der Waals surface area contributed by atoms with Crippen molar-refractivity contribution in [1.29, 1.82) is 0 Å². The van der Waals surface area contributed by atoms with Gasteiger partial charge in [-0.2, -0.15) is 0 Å². The molecule has 18 heavy (non-hydrogen) atoms. The van der Waals surface area contributed by atoms with Gasteiger partial charge in [-0.1, -0.05) is 29.3 Å². The van der Waals surface area contributed by atoms with Crippen LogP contribution in [0.2, 0.25) is 10.0 Å². The quantitative estimate of drug-likeness (QED) is 0.741. The lowest BCUT2D eigenvalue weighted by atomic mass is 10.1. The van der Waals surface area contributed by atoms with E-state index < -0.39 is 0 Å². The molecule has 0 amide bonds. The molecule has 0 bridgehead atoms. The number of carbonyl (C=O) groups excluding carboxylic acids is 1. The van der Waals surface area contributed by atoms with Crippen molar-refractivity contribution in [2.24, 2.45) is 0 Å². The lowest BCUT2D eigenvalue weighted by molar-refractivity contribution is 0.101. The molecule has 0 aromatic heterocycles. The predicted octanol–water partition coefficient (Wildman–Crippen LogP) is 4.99. The van der Waals surface area contributed by atoms with Gasteiger partial charge in [0.1, 0.15) is 11.5 Å². The number of hydrogen-bond acceptors (Lipinski definition) is 2. The first-order valence-electron chi connectivity index (χ1n) is 5.30. The maximum atomic E-state index is 11.2. The molecule has 0 aliphatic carbocycles. The topological polar surface area (TPSA) is 26.3 Å². The average molecular weight is 281 g/mol. The van der Waals surface area contributed by atoms with E-state index in [9.17, 15) is 4.79 Å². The van der Waals surface area contributed by atoms with Crippen molar-refractivity contribution in [3.8, 4) is 11.5 Å². The Kier molecular flexibility index (Phi) is 3.90. The van der Waals surface area contributed by atoms with Gasteiger partial charge in [0, 0.05) is 10.6 Å². The Morgan fingerprint density at radius 2 is 1.89 bits per heavy atom. The standard InChI is InChI=1S/C14H10Cl2O2/c1-9(17)10-5-6-14(13(16)7-10)18-12-4-2-3-11(15)8-12/h2-8H,1H3. The summed E-state index contributed by atoms with van der Waals surface area (Å²) < 4.78 is 5.60. The highest BCUT2D eigenvalue weighted by Crippen LogP contribution is 2.31.